The smallest absolute Gasteiger partial charge is 0.267 e. The number of carbonyl (C=O) groups excluding carboxylic acids is 4. The number of imide groups is 2. The SMILES string of the molecule is C#CCN(CC#C)N1C(=O)c2cccc3c(Br)ccc(c23)C1=O.C#CCN(CC#C)N1C(=O)c2cccc3c(Br)ccc(c23)C1=O. The Kier molecular flexibility index (Phi) is 9.40. The van der Waals surface area contributed by atoms with E-state index < -0.39 is 23.6 Å². The van der Waals surface area contributed by atoms with Crippen LogP contribution in [0.15, 0.2) is 69.6 Å². The van der Waals surface area contributed by atoms with E-state index >= 15 is 0 Å². The number of hydrogen-bond donors (Lipinski definition) is 0. The molecule has 0 bridgehead atoms. The fraction of sp³-hybridized carbons (Fsp3) is 0.111. The van der Waals surface area contributed by atoms with Crippen LogP contribution in [0.5, 0.6) is 0 Å². The third-order valence-electron chi connectivity index (χ3n) is 7.33. The van der Waals surface area contributed by atoms with Gasteiger partial charge in [0.05, 0.1) is 48.4 Å². The summed E-state index contributed by atoms with van der Waals surface area (Å²) < 4.78 is 1.66. The van der Waals surface area contributed by atoms with Gasteiger partial charge in [-0.15, -0.1) is 25.7 Å². The molecule has 224 valence electrons. The first-order chi connectivity index (χ1) is 22.2. The summed E-state index contributed by atoms with van der Waals surface area (Å²) in [6, 6.07) is 17.7. The zero-order chi connectivity index (χ0) is 33.1. The standard InChI is InChI=1S/2C18H11BrN2O2/c2*1-3-10-20(11-4-2)21-17(22)13-7-5-6-12-15(19)9-8-14(16(12)13)18(21)23/h2*1-2,5-9H,10-11H2. The number of benzene rings is 4. The van der Waals surface area contributed by atoms with Gasteiger partial charge in [0.2, 0.25) is 0 Å². The number of carbonyl (C=O) groups is 4. The maximum absolute atomic E-state index is 12.8. The maximum atomic E-state index is 12.8. The lowest BCUT2D eigenvalue weighted by atomic mass is 9.95. The molecule has 0 aromatic heterocycles. The predicted octanol–water partition coefficient (Wildman–Crippen LogP) is 5.36. The van der Waals surface area contributed by atoms with Crippen molar-refractivity contribution in [3.05, 3.63) is 91.9 Å². The minimum Gasteiger partial charge on any atom is -0.267 e. The van der Waals surface area contributed by atoms with Gasteiger partial charge in [-0.25, -0.2) is 0 Å². The molecule has 0 radical (unpaired) electrons. The molecule has 46 heavy (non-hydrogen) atoms. The van der Waals surface area contributed by atoms with E-state index in [1.165, 1.54) is 10.0 Å². The van der Waals surface area contributed by atoms with Gasteiger partial charge >= 0.3 is 0 Å². The van der Waals surface area contributed by atoms with E-state index in [0.29, 0.717) is 33.0 Å². The lowest BCUT2D eigenvalue weighted by Crippen LogP contribution is -2.52. The molecule has 0 atom stereocenters. The summed E-state index contributed by atoms with van der Waals surface area (Å²) in [7, 11) is 0. The number of amides is 4. The van der Waals surface area contributed by atoms with Crippen LogP contribution >= 0.6 is 31.9 Å². The van der Waals surface area contributed by atoms with Crippen LogP contribution < -0.4 is 0 Å². The Morgan fingerprint density at radius 3 is 1.11 bits per heavy atom. The zero-order valence-electron chi connectivity index (χ0n) is 24.1. The molecule has 0 saturated carbocycles. The molecule has 4 aromatic carbocycles. The van der Waals surface area contributed by atoms with Crippen molar-refractivity contribution in [3.8, 4) is 49.4 Å². The monoisotopic (exact) mass is 732 g/mol. The number of hydrazine groups is 2. The Labute approximate surface area is 282 Å². The van der Waals surface area contributed by atoms with Crippen LogP contribution in [-0.2, 0) is 0 Å². The Hall–Kier alpha value is -5.20. The Balaban J connectivity index is 0.000000181. The Bertz CT molecular complexity index is 1920. The molecule has 2 aliphatic heterocycles. The highest BCUT2D eigenvalue weighted by Crippen LogP contribution is 2.36. The minimum atomic E-state index is -0.420. The van der Waals surface area contributed by atoms with E-state index in [0.717, 1.165) is 29.7 Å². The van der Waals surface area contributed by atoms with Crippen LogP contribution in [0.2, 0.25) is 0 Å². The lowest BCUT2D eigenvalue weighted by molar-refractivity contribution is 0.00721. The summed E-state index contributed by atoms with van der Waals surface area (Å²) in [5, 5.41) is 7.82. The van der Waals surface area contributed by atoms with Crippen molar-refractivity contribution in [3.63, 3.8) is 0 Å². The van der Waals surface area contributed by atoms with Crippen LogP contribution in [-0.4, -0.2) is 69.8 Å². The minimum absolute atomic E-state index is 0.0729. The summed E-state index contributed by atoms with van der Waals surface area (Å²) in [5.74, 6) is 8.02. The van der Waals surface area contributed by atoms with Crippen LogP contribution in [0.1, 0.15) is 41.4 Å². The third kappa shape index (κ3) is 5.46. The van der Waals surface area contributed by atoms with Crippen molar-refractivity contribution in [2.45, 2.75) is 0 Å². The summed E-state index contributed by atoms with van der Waals surface area (Å²) in [4.78, 5) is 51.3. The highest BCUT2D eigenvalue weighted by atomic mass is 79.9. The van der Waals surface area contributed by atoms with E-state index in [1.54, 1.807) is 48.5 Å². The molecule has 0 spiro atoms. The summed E-state index contributed by atoms with van der Waals surface area (Å²) in [6.45, 7) is 0.292. The second kappa shape index (κ2) is 13.4. The van der Waals surface area contributed by atoms with Gasteiger partial charge in [0.25, 0.3) is 23.6 Å². The second-order valence-electron chi connectivity index (χ2n) is 9.95. The highest BCUT2D eigenvalue weighted by Gasteiger charge is 2.38. The molecule has 2 aliphatic rings. The van der Waals surface area contributed by atoms with Gasteiger partial charge in [0.1, 0.15) is 0 Å². The van der Waals surface area contributed by atoms with E-state index in [1.807, 2.05) is 12.1 Å². The molecule has 0 N–H and O–H groups in total. The van der Waals surface area contributed by atoms with Gasteiger partial charge in [0, 0.05) is 19.7 Å². The number of hydrogen-bond acceptors (Lipinski definition) is 6. The van der Waals surface area contributed by atoms with Gasteiger partial charge in [-0.2, -0.15) is 20.0 Å². The molecule has 0 saturated heterocycles. The fourth-order valence-electron chi connectivity index (χ4n) is 5.43. The van der Waals surface area contributed by atoms with Crippen molar-refractivity contribution in [2.75, 3.05) is 26.2 Å². The Morgan fingerprint density at radius 2 is 0.804 bits per heavy atom. The molecule has 4 aromatic rings. The van der Waals surface area contributed by atoms with Crippen LogP contribution in [0, 0.1) is 49.4 Å². The van der Waals surface area contributed by atoms with Gasteiger partial charge in [-0.05, 0) is 47.2 Å². The fourth-order valence-corrected chi connectivity index (χ4v) is 6.35. The van der Waals surface area contributed by atoms with Crippen LogP contribution in [0.3, 0.4) is 0 Å². The number of halogens is 2. The van der Waals surface area contributed by atoms with E-state index in [2.05, 4.69) is 55.5 Å². The first-order valence-electron chi connectivity index (χ1n) is 13.6. The lowest BCUT2D eigenvalue weighted by Gasteiger charge is -2.34. The zero-order valence-corrected chi connectivity index (χ0v) is 27.3. The maximum Gasteiger partial charge on any atom is 0.276 e. The summed E-state index contributed by atoms with van der Waals surface area (Å²) >= 11 is 6.90. The molecule has 4 amide bonds. The largest absolute Gasteiger partial charge is 0.276 e. The number of rotatable bonds is 6. The first-order valence-corrected chi connectivity index (χ1v) is 15.2. The van der Waals surface area contributed by atoms with Crippen LogP contribution in [0.25, 0.3) is 21.5 Å². The Morgan fingerprint density at radius 1 is 0.500 bits per heavy atom. The number of nitrogens with zero attached hydrogens (tertiary/aromatic N) is 4. The molecule has 0 fully saturated rings. The van der Waals surface area contributed by atoms with Crippen LogP contribution in [0.4, 0.5) is 0 Å². The van der Waals surface area contributed by atoms with Crippen molar-refractivity contribution in [1.82, 2.24) is 20.0 Å². The second-order valence-corrected chi connectivity index (χ2v) is 11.7. The third-order valence-corrected chi connectivity index (χ3v) is 8.71. The predicted molar refractivity (Wildman–Crippen MR) is 183 cm³/mol. The summed E-state index contributed by atoms with van der Waals surface area (Å²) in [6.07, 6.45) is 21.3. The molecule has 8 nitrogen and oxygen atoms in total. The van der Waals surface area contributed by atoms with Gasteiger partial charge < -0.3 is 0 Å². The normalized spacial score (nSPS) is 13.3. The van der Waals surface area contributed by atoms with Gasteiger partial charge in [-0.3, -0.25) is 19.2 Å². The molecular weight excluding hydrogens is 712 g/mol. The van der Waals surface area contributed by atoms with Crippen molar-refractivity contribution >= 4 is 77.0 Å². The van der Waals surface area contributed by atoms with Crippen molar-refractivity contribution in [2.24, 2.45) is 0 Å². The van der Waals surface area contributed by atoms with E-state index in [-0.39, 0.29) is 26.2 Å². The molecule has 2 heterocycles. The average molecular weight is 734 g/mol. The van der Waals surface area contributed by atoms with E-state index in [9.17, 15) is 19.2 Å². The van der Waals surface area contributed by atoms with E-state index in [4.69, 9.17) is 25.7 Å². The summed E-state index contributed by atoms with van der Waals surface area (Å²) in [5.41, 5.74) is 1.82. The quantitative estimate of drug-likeness (QED) is 0.196. The molecule has 0 unspecified atom stereocenters. The number of terminal acetylenes is 4. The van der Waals surface area contributed by atoms with Gasteiger partial charge in [-0.1, -0.05) is 79.8 Å². The molecule has 6 rings (SSSR count). The molecule has 10 heteroatoms. The topological polar surface area (TPSA) is 81.2 Å². The van der Waals surface area contributed by atoms with Crippen molar-refractivity contribution < 1.29 is 19.2 Å². The average Bonchev–Trinajstić information content (AvgIpc) is 3.04. The van der Waals surface area contributed by atoms with Gasteiger partial charge in [0.15, 0.2) is 0 Å². The highest BCUT2D eigenvalue weighted by molar-refractivity contribution is 9.11. The molecular formula is C36H22Br2N4O4. The van der Waals surface area contributed by atoms with Crippen molar-refractivity contribution in [1.29, 1.82) is 0 Å². The first kappa shape index (κ1) is 32.2. The molecule has 0 aliphatic carbocycles.